The van der Waals surface area contributed by atoms with Crippen LogP contribution in [0.15, 0.2) is 22.7 Å². The molecule has 5 heteroatoms. The van der Waals surface area contributed by atoms with Gasteiger partial charge in [0, 0.05) is 9.50 Å². The normalized spacial score (nSPS) is 16.4. The summed E-state index contributed by atoms with van der Waals surface area (Å²) < 4.78 is 6.72. The van der Waals surface area contributed by atoms with Crippen LogP contribution >= 0.6 is 39.9 Å². The van der Waals surface area contributed by atoms with E-state index >= 15 is 0 Å². The summed E-state index contributed by atoms with van der Waals surface area (Å²) in [6, 6.07) is 5.67. The molecule has 1 aromatic carbocycles. The Kier molecular flexibility index (Phi) is 6.63. The van der Waals surface area contributed by atoms with E-state index in [-0.39, 0.29) is 12.4 Å². The van der Waals surface area contributed by atoms with Crippen molar-refractivity contribution < 1.29 is 4.74 Å². The second kappa shape index (κ2) is 7.47. The smallest absolute Gasteiger partial charge is 0.121 e. The molecule has 2 nitrogen and oxygen atoms in total. The zero-order chi connectivity index (χ0) is 11.4. The van der Waals surface area contributed by atoms with Crippen molar-refractivity contribution in [2.45, 2.75) is 12.8 Å². The maximum absolute atomic E-state index is 5.95. The molecule has 0 saturated carbocycles. The molecule has 0 spiro atoms. The topological polar surface area (TPSA) is 21.3 Å². The van der Waals surface area contributed by atoms with Crippen LogP contribution in [0.5, 0.6) is 5.75 Å². The molecule has 1 aliphatic rings. The molecule has 1 aliphatic heterocycles. The van der Waals surface area contributed by atoms with Crippen LogP contribution in [0, 0.1) is 5.92 Å². The van der Waals surface area contributed by atoms with Crippen molar-refractivity contribution in [2.75, 3.05) is 19.7 Å². The Morgan fingerprint density at radius 2 is 2.00 bits per heavy atom. The lowest BCUT2D eigenvalue weighted by Gasteiger charge is -2.22. The van der Waals surface area contributed by atoms with Gasteiger partial charge in [-0.25, -0.2) is 0 Å². The first kappa shape index (κ1) is 15.1. The van der Waals surface area contributed by atoms with Crippen molar-refractivity contribution in [1.82, 2.24) is 5.32 Å². The summed E-state index contributed by atoms with van der Waals surface area (Å²) in [5.41, 5.74) is 0. The van der Waals surface area contributed by atoms with E-state index in [0.29, 0.717) is 10.9 Å². The summed E-state index contributed by atoms with van der Waals surface area (Å²) in [5, 5.41) is 4.05. The van der Waals surface area contributed by atoms with Crippen molar-refractivity contribution in [2.24, 2.45) is 5.92 Å². The molecule has 1 aromatic rings. The molecular formula is C12H16BrCl2NO. The highest BCUT2D eigenvalue weighted by atomic mass is 79.9. The molecule has 1 fully saturated rings. The van der Waals surface area contributed by atoms with Crippen molar-refractivity contribution in [1.29, 1.82) is 0 Å². The van der Waals surface area contributed by atoms with Gasteiger partial charge in [-0.3, -0.25) is 0 Å². The SMILES string of the molecule is Cl.Clc1cc(Br)cc(OCC2CCNCC2)c1. The first-order chi connectivity index (χ1) is 7.74. The maximum Gasteiger partial charge on any atom is 0.121 e. The third-order valence-corrected chi connectivity index (χ3v) is 3.46. The number of hydrogen-bond donors (Lipinski definition) is 1. The summed E-state index contributed by atoms with van der Waals surface area (Å²) >= 11 is 9.36. The van der Waals surface area contributed by atoms with Gasteiger partial charge < -0.3 is 10.1 Å². The number of hydrogen-bond acceptors (Lipinski definition) is 2. The van der Waals surface area contributed by atoms with Gasteiger partial charge in [-0.15, -0.1) is 12.4 Å². The van der Waals surface area contributed by atoms with Gasteiger partial charge in [0.2, 0.25) is 0 Å². The van der Waals surface area contributed by atoms with Crippen molar-refractivity contribution in [3.05, 3.63) is 27.7 Å². The molecule has 1 heterocycles. The minimum Gasteiger partial charge on any atom is -0.493 e. The number of piperidine rings is 1. The molecule has 96 valence electrons. The van der Waals surface area contributed by atoms with Crippen LogP contribution in [0.1, 0.15) is 12.8 Å². The number of nitrogens with one attached hydrogen (secondary N) is 1. The van der Waals surface area contributed by atoms with Crippen LogP contribution in [-0.2, 0) is 0 Å². The average molecular weight is 341 g/mol. The number of benzene rings is 1. The molecular weight excluding hydrogens is 325 g/mol. The van der Waals surface area contributed by atoms with Crippen molar-refractivity contribution >= 4 is 39.9 Å². The van der Waals surface area contributed by atoms with Crippen LogP contribution < -0.4 is 10.1 Å². The second-order valence-electron chi connectivity index (χ2n) is 4.11. The van der Waals surface area contributed by atoms with E-state index < -0.39 is 0 Å². The Labute approximate surface area is 122 Å². The predicted molar refractivity (Wildman–Crippen MR) is 77.5 cm³/mol. The third kappa shape index (κ3) is 5.04. The lowest BCUT2D eigenvalue weighted by atomic mass is 9.99. The van der Waals surface area contributed by atoms with Crippen LogP contribution in [0.4, 0.5) is 0 Å². The zero-order valence-corrected chi connectivity index (χ0v) is 12.6. The maximum atomic E-state index is 5.95. The van der Waals surface area contributed by atoms with Gasteiger partial charge in [-0.1, -0.05) is 27.5 Å². The van der Waals surface area contributed by atoms with Gasteiger partial charge in [0.1, 0.15) is 5.75 Å². The lowest BCUT2D eigenvalue weighted by Crippen LogP contribution is -2.30. The van der Waals surface area contributed by atoms with Crippen LogP contribution in [0.3, 0.4) is 0 Å². The fourth-order valence-electron chi connectivity index (χ4n) is 1.87. The Morgan fingerprint density at radius 3 is 2.65 bits per heavy atom. The van der Waals surface area contributed by atoms with Crippen molar-refractivity contribution in [3.63, 3.8) is 0 Å². The highest BCUT2D eigenvalue weighted by Crippen LogP contribution is 2.25. The summed E-state index contributed by atoms with van der Waals surface area (Å²) in [4.78, 5) is 0. The molecule has 0 aliphatic carbocycles. The molecule has 17 heavy (non-hydrogen) atoms. The fraction of sp³-hybridized carbons (Fsp3) is 0.500. The van der Waals surface area contributed by atoms with E-state index in [1.54, 1.807) is 0 Å². The van der Waals surface area contributed by atoms with Gasteiger partial charge in [0.05, 0.1) is 6.61 Å². The third-order valence-electron chi connectivity index (χ3n) is 2.78. The molecule has 2 rings (SSSR count). The average Bonchev–Trinajstić information content (AvgIpc) is 2.27. The summed E-state index contributed by atoms with van der Waals surface area (Å²) in [6.07, 6.45) is 2.39. The molecule has 1 saturated heterocycles. The van der Waals surface area contributed by atoms with Crippen LogP contribution in [0.2, 0.25) is 5.02 Å². The standard InChI is InChI=1S/C12H15BrClNO.ClH/c13-10-5-11(14)7-12(6-10)16-8-9-1-3-15-4-2-9;/h5-7,9,15H,1-4,8H2;1H. The molecule has 0 amide bonds. The molecule has 0 atom stereocenters. The minimum atomic E-state index is 0. The van der Waals surface area contributed by atoms with Crippen molar-refractivity contribution in [3.8, 4) is 5.75 Å². The van der Waals surface area contributed by atoms with Gasteiger partial charge in [-0.2, -0.15) is 0 Å². The Balaban J connectivity index is 0.00000144. The van der Waals surface area contributed by atoms with Crippen LogP contribution in [-0.4, -0.2) is 19.7 Å². The minimum absolute atomic E-state index is 0. The molecule has 0 aromatic heterocycles. The van der Waals surface area contributed by atoms with E-state index in [4.69, 9.17) is 16.3 Å². The fourth-order valence-corrected chi connectivity index (χ4v) is 2.70. The van der Waals surface area contributed by atoms with E-state index in [1.165, 1.54) is 12.8 Å². The van der Waals surface area contributed by atoms with Gasteiger partial charge in [-0.05, 0) is 50.0 Å². The van der Waals surface area contributed by atoms with Gasteiger partial charge >= 0.3 is 0 Å². The summed E-state index contributed by atoms with van der Waals surface area (Å²) in [5.74, 6) is 1.51. The first-order valence-electron chi connectivity index (χ1n) is 5.53. The highest BCUT2D eigenvalue weighted by molar-refractivity contribution is 9.10. The van der Waals surface area contributed by atoms with E-state index in [1.807, 2.05) is 18.2 Å². The largest absolute Gasteiger partial charge is 0.493 e. The van der Waals surface area contributed by atoms with Gasteiger partial charge in [0.15, 0.2) is 0 Å². The zero-order valence-electron chi connectivity index (χ0n) is 9.42. The quantitative estimate of drug-likeness (QED) is 0.900. The Bertz CT molecular complexity index is 336. The lowest BCUT2D eigenvalue weighted by molar-refractivity contribution is 0.215. The first-order valence-corrected chi connectivity index (χ1v) is 6.71. The number of rotatable bonds is 3. The van der Waals surface area contributed by atoms with E-state index in [0.717, 1.165) is 29.9 Å². The monoisotopic (exact) mass is 339 g/mol. The molecule has 0 unspecified atom stereocenters. The highest BCUT2D eigenvalue weighted by Gasteiger charge is 2.13. The number of halogens is 3. The number of ether oxygens (including phenoxy) is 1. The summed E-state index contributed by atoms with van der Waals surface area (Å²) in [6.45, 7) is 3.00. The second-order valence-corrected chi connectivity index (χ2v) is 5.46. The van der Waals surface area contributed by atoms with Gasteiger partial charge in [0.25, 0.3) is 0 Å². The van der Waals surface area contributed by atoms with Crippen LogP contribution in [0.25, 0.3) is 0 Å². The summed E-state index contributed by atoms with van der Waals surface area (Å²) in [7, 11) is 0. The predicted octanol–water partition coefficient (Wildman–Crippen LogP) is 3.90. The molecule has 0 bridgehead atoms. The Hall–Kier alpha value is 0.0400. The Morgan fingerprint density at radius 1 is 1.29 bits per heavy atom. The molecule has 1 N–H and O–H groups in total. The molecule has 0 radical (unpaired) electrons. The van der Waals surface area contributed by atoms with E-state index in [9.17, 15) is 0 Å². The van der Waals surface area contributed by atoms with E-state index in [2.05, 4.69) is 21.2 Å².